The molecule has 0 aliphatic heterocycles. The van der Waals surface area contributed by atoms with E-state index in [4.69, 9.17) is 0 Å². The second kappa shape index (κ2) is 15.4. The van der Waals surface area contributed by atoms with Gasteiger partial charge in [0.1, 0.15) is 0 Å². The minimum absolute atomic E-state index is 0.833. The average Bonchev–Trinajstić information content (AvgIpc) is 2.44. The quantitative estimate of drug-likeness (QED) is 0.271. The molecule has 0 spiro atoms. The molecule has 0 heterocycles. The Labute approximate surface area is 130 Å². The van der Waals surface area contributed by atoms with E-state index in [9.17, 15) is 0 Å². The Morgan fingerprint density at radius 1 is 0.600 bits per heavy atom. The van der Waals surface area contributed by atoms with Gasteiger partial charge in [0.2, 0.25) is 0 Å². The highest BCUT2D eigenvalue weighted by Crippen LogP contribution is 2.26. The maximum absolute atomic E-state index is 2.71. The summed E-state index contributed by atoms with van der Waals surface area (Å²) in [6.45, 7) is 9.36. The van der Waals surface area contributed by atoms with Crippen molar-refractivity contribution in [3.63, 3.8) is 0 Å². The van der Waals surface area contributed by atoms with E-state index in [0.717, 1.165) is 11.8 Å². The molecular formula is C20H41. The predicted octanol–water partition coefficient (Wildman–Crippen LogP) is 7.57. The van der Waals surface area contributed by atoms with Gasteiger partial charge in [-0.2, -0.15) is 0 Å². The molecule has 0 amide bonds. The van der Waals surface area contributed by atoms with E-state index in [0.29, 0.717) is 0 Å². The van der Waals surface area contributed by atoms with E-state index in [-0.39, 0.29) is 0 Å². The molecule has 1 radical (unpaired) electrons. The van der Waals surface area contributed by atoms with Gasteiger partial charge in [-0.1, -0.05) is 111 Å². The summed E-state index contributed by atoms with van der Waals surface area (Å²) in [5.41, 5.74) is 0. The van der Waals surface area contributed by atoms with Crippen LogP contribution < -0.4 is 0 Å². The van der Waals surface area contributed by atoms with Crippen LogP contribution in [-0.4, -0.2) is 0 Å². The van der Waals surface area contributed by atoms with Crippen molar-refractivity contribution >= 4 is 0 Å². The van der Waals surface area contributed by atoms with E-state index < -0.39 is 0 Å². The molecule has 0 N–H and O–H groups in total. The van der Waals surface area contributed by atoms with Crippen molar-refractivity contribution in [3.8, 4) is 0 Å². The molecule has 20 heavy (non-hydrogen) atoms. The topological polar surface area (TPSA) is 0 Å². The Kier molecular flexibility index (Phi) is 15.4. The Morgan fingerprint density at radius 3 is 1.60 bits per heavy atom. The lowest BCUT2D eigenvalue weighted by molar-refractivity contribution is 0.401. The Morgan fingerprint density at radius 2 is 1.05 bits per heavy atom. The summed E-state index contributed by atoms with van der Waals surface area (Å²) < 4.78 is 0. The molecule has 0 bridgehead atoms. The first-order chi connectivity index (χ1) is 9.74. The predicted molar refractivity (Wildman–Crippen MR) is 94.0 cm³/mol. The molecular weight excluding hydrogens is 240 g/mol. The molecule has 0 aliphatic rings. The van der Waals surface area contributed by atoms with E-state index in [1.807, 2.05) is 0 Å². The summed E-state index contributed by atoms with van der Waals surface area (Å²) in [4.78, 5) is 0. The first kappa shape index (κ1) is 20.0. The highest BCUT2D eigenvalue weighted by atomic mass is 14.2. The second-order valence-electron chi connectivity index (χ2n) is 6.77. The summed E-state index contributed by atoms with van der Waals surface area (Å²) in [5.74, 6) is 1.73. The lowest BCUT2D eigenvalue weighted by atomic mass is 9.85. The molecule has 0 rings (SSSR count). The molecule has 0 aliphatic carbocycles. The van der Waals surface area contributed by atoms with Crippen molar-refractivity contribution in [3.05, 3.63) is 6.42 Å². The molecule has 0 saturated heterocycles. The molecule has 0 aromatic carbocycles. The fourth-order valence-electron chi connectivity index (χ4n) is 3.10. The molecule has 2 unspecified atom stereocenters. The largest absolute Gasteiger partial charge is 0.0654 e. The smallest absolute Gasteiger partial charge is 0.0326 e. The summed E-state index contributed by atoms with van der Waals surface area (Å²) in [6, 6.07) is 0. The highest BCUT2D eigenvalue weighted by Gasteiger charge is 2.13. The molecule has 0 fully saturated rings. The fourth-order valence-corrected chi connectivity index (χ4v) is 3.10. The highest BCUT2D eigenvalue weighted by molar-refractivity contribution is 4.81. The van der Waals surface area contributed by atoms with Gasteiger partial charge in [0, 0.05) is 0 Å². The fraction of sp³-hybridized carbons (Fsp3) is 0.950. The van der Waals surface area contributed by atoms with Gasteiger partial charge in [-0.05, 0) is 18.3 Å². The van der Waals surface area contributed by atoms with E-state index >= 15 is 0 Å². The van der Waals surface area contributed by atoms with Crippen LogP contribution in [-0.2, 0) is 0 Å². The van der Waals surface area contributed by atoms with Gasteiger partial charge in [0.25, 0.3) is 0 Å². The van der Waals surface area contributed by atoms with Crippen LogP contribution in [0.5, 0.6) is 0 Å². The number of hydrogen-bond donors (Lipinski definition) is 0. The van der Waals surface area contributed by atoms with Crippen molar-refractivity contribution in [2.45, 2.75) is 111 Å². The van der Waals surface area contributed by atoms with Crippen LogP contribution in [0.15, 0.2) is 0 Å². The molecule has 121 valence electrons. The van der Waals surface area contributed by atoms with Crippen molar-refractivity contribution in [2.24, 2.45) is 11.8 Å². The normalized spacial score (nSPS) is 14.4. The van der Waals surface area contributed by atoms with E-state index in [2.05, 4.69) is 34.1 Å². The molecule has 0 saturated carbocycles. The maximum Gasteiger partial charge on any atom is -0.0326 e. The van der Waals surface area contributed by atoms with Crippen molar-refractivity contribution in [2.75, 3.05) is 0 Å². The summed E-state index contributed by atoms with van der Waals surface area (Å²) in [7, 11) is 0. The van der Waals surface area contributed by atoms with Gasteiger partial charge in [-0.3, -0.25) is 0 Å². The van der Waals surface area contributed by atoms with Gasteiger partial charge < -0.3 is 0 Å². The maximum atomic E-state index is 2.71. The van der Waals surface area contributed by atoms with Gasteiger partial charge >= 0.3 is 0 Å². The van der Waals surface area contributed by atoms with Crippen LogP contribution in [0, 0.1) is 18.3 Å². The summed E-state index contributed by atoms with van der Waals surface area (Å²) >= 11 is 0. The molecule has 0 heteroatoms. The lowest BCUT2D eigenvalue weighted by Crippen LogP contribution is -2.08. The van der Waals surface area contributed by atoms with Crippen LogP contribution in [0.4, 0.5) is 0 Å². The number of rotatable bonds is 15. The molecule has 2 atom stereocenters. The zero-order valence-electron chi connectivity index (χ0n) is 14.9. The Bertz CT molecular complexity index is 173. The van der Waals surface area contributed by atoms with Crippen molar-refractivity contribution < 1.29 is 0 Å². The third-order valence-electron chi connectivity index (χ3n) is 4.47. The average molecular weight is 282 g/mol. The Hall–Kier alpha value is 0. The molecule has 0 nitrogen and oxygen atoms in total. The third kappa shape index (κ3) is 13.0. The first-order valence-electron chi connectivity index (χ1n) is 9.59. The van der Waals surface area contributed by atoms with E-state index in [1.54, 1.807) is 0 Å². The first-order valence-corrected chi connectivity index (χ1v) is 9.59. The van der Waals surface area contributed by atoms with Crippen LogP contribution >= 0.6 is 0 Å². The standard InChI is InChI=1S/C20H41/c1-5-8-11-14-17-20(16-13-10-7-3)18-19(4)15-12-9-6-2/h18-20H,5-17H2,1-4H3. The van der Waals surface area contributed by atoms with Crippen molar-refractivity contribution in [1.82, 2.24) is 0 Å². The molecule has 0 aromatic rings. The lowest BCUT2D eigenvalue weighted by Gasteiger charge is -2.21. The van der Waals surface area contributed by atoms with Gasteiger partial charge in [-0.25, -0.2) is 0 Å². The van der Waals surface area contributed by atoms with Crippen LogP contribution in [0.1, 0.15) is 111 Å². The third-order valence-corrected chi connectivity index (χ3v) is 4.47. The van der Waals surface area contributed by atoms with Gasteiger partial charge in [0.05, 0.1) is 0 Å². The van der Waals surface area contributed by atoms with Crippen LogP contribution in [0.25, 0.3) is 0 Å². The monoisotopic (exact) mass is 281 g/mol. The molecule has 0 aromatic heterocycles. The van der Waals surface area contributed by atoms with Gasteiger partial charge in [-0.15, -0.1) is 0 Å². The zero-order chi connectivity index (χ0) is 15.1. The number of hydrogen-bond acceptors (Lipinski definition) is 0. The van der Waals surface area contributed by atoms with Crippen LogP contribution in [0.2, 0.25) is 0 Å². The summed E-state index contributed by atoms with van der Waals surface area (Å²) in [5, 5.41) is 0. The summed E-state index contributed by atoms with van der Waals surface area (Å²) in [6.07, 6.45) is 21.1. The van der Waals surface area contributed by atoms with Crippen molar-refractivity contribution in [1.29, 1.82) is 0 Å². The SMILES string of the molecule is CCCCCCC([CH]C(C)CCCCC)CCCCC. The minimum Gasteiger partial charge on any atom is -0.0654 e. The zero-order valence-corrected chi connectivity index (χ0v) is 14.9. The second-order valence-corrected chi connectivity index (χ2v) is 6.77. The van der Waals surface area contributed by atoms with Gasteiger partial charge in [0.15, 0.2) is 0 Å². The van der Waals surface area contributed by atoms with E-state index in [1.165, 1.54) is 83.5 Å². The minimum atomic E-state index is 0.833. The van der Waals surface area contributed by atoms with Crippen LogP contribution in [0.3, 0.4) is 0 Å². The number of unbranched alkanes of at least 4 members (excludes halogenated alkanes) is 7. The Balaban J connectivity index is 3.88.